The normalized spacial score (nSPS) is 16.4. The molecule has 68 valence electrons. The Bertz CT molecular complexity index is 81.6. The lowest BCUT2D eigenvalue weighted by molar-refractivity contribution is 0.0489. The van der Waals surface area contributed by atoms with E-state index < -0.39 is 0 Å². The molecule has 1 N–H and O–H groups in total. The van der Waals surface area contributed by atoms with Crippen molar-refractivity contribution in [2.45, 2.75) is 52.2 Å². The molecule has 2 unspecified atom stereocenters. The van der Waals surface area contributed by atoms with Crippen molar-refractivity contribution >= 4 is 0 Å². The fourth-order valence-electron chi connectivity index (χ4n) is 0.878. The zero-order valence-electron chi connectivity index (χ0n) is 7.84. The van der Waals surface area contributed by atoms with Crippen molar-refractivity contribution in [3.8, 4) is 0 Å². The smallest absolute Gasteiger partial charge is 0.0547 e. The summed E-state index contributed by atoms with van der Waals surface area (Å²) in [5, 5.41) is 8.97. The standard InChI is InChI=1S/C9H20O2/c1-4-7-11-9(3)6-5-8(2)10/h8-10H,4-7H2,1-3H3. The van der Waals surface area contributed by atoms with Crippen LogP contribution in [0.1, 0.15) is 40.0 Å². The topological polar surface area (TPSA) is 29.5 Å². The number of aliphatic hydroxyl groups excluding tert-OH is 1. The van der Waals surface area contributed by atoms with Crippen molar-refractivity contribution in [1.29, 1.82) is 0 Å². The Balaban J connectivity index is 3.15. The maximum Gasteiger partial charge on any atom is 0.0547 e. The van der Waals surface area contributed by atoms with E-state index in [1.165, 1.54) is 0 Å². The molecule has 0 aromatic rings. The van der Waals surface area contributed by atoms with E-state index in [-0.39, 0.29) is 6.10 Å². The van der Waals surface area contributed by atoms with Crippen LogP contribution in [0.2, 0.25) is 0 Å². The first kappa shape index (κ1) is 10.9. The van der Waals surface area contributed by atoms with Crippen molar-refractivity contribution in [2.24, 2.45) is 0 Å². The minimum Gasteiger partial charge on any atom is -0.393 e. The number of ether oxygens (including phenoxy) is 1. The van der Waals surface area contributed by atoms with Crippen LogP contribution in [0.3, 0.4) is 0 Å². The molecule has 0 aromatic heterocycles. The van der Waals surface area contributed by atoms with Crippen LogP contribution in [0.5, 0.6) is 0 Å². The molecule has 0 fully saturated rings. The second kappa shape index (κ2) is 6.62. The molecule has 0 aromatic carbocycles. The van der Waals surface area contributed by atoms with Gasteiger partial charge in [0.1, 0.15) is 0 Å². The summed E-state index contributed by atoms with van der Waals surface area (Å²) >= 11 is 0. The van der Waals surface area contributed by atoms with Crippen molar-refractivity contribution in [3.05, 3.63) is 0 Å². The molecule has 0 heterocycles. The third-order valence-electron chi connectivity index (χ3n) is 1.60. The predicted octanol–water partition coefficient (Wildman–Crippen LogP) is 1.96. The van der Waals surface area contributed by atoms with E-state index in [2.05, 4.69) is 13.8 Å². The average molecular weight is 160 g/mol. The van der Waals surface area contributed by atoms with Crippen LogP contribution in [0.15, 0.2) is 0 Å². The Morgan fingerprint density at radius 3 is 2.36 bits per heavy atom. The molecular formula is C9H20O2. The van der Waals surface area contributed by atoms with Crippen LogP contribution in [0.25, 0.3) is 0 Å². The van der Waals surface area contributed by atoms with Crippen LogP contribution in [0, 0.1) is 0 Å². The van der Waals surface area contributed by atoms with Crippen molar-refractivity contribution in [1.82, 2.24) is 0 Å². The van der Waals surface area contributed by atoms with E-state index >= 15 is 0 Å². The van der Waals surface area contributed by atoms with Gasteiger partial charge in [-0.2, -0.15) is 0 Å². The Kier molecular flexibility index (Phi) is 6.57. The minimum absolute atomic E-state index is 0.192. The van der Waals surface area contributed by atoms with Gasteiger partial charge in [0.15, 0.2) is 0 Å². The molecule has 0 saturated heterocycles. The van der Waals surface area contributed by atoms with Gasteiger partial charge in [-0.3, -0.25) is 0 Å². The molecule has 0 aliphatic heterocycles. The molecular weight excluding hydrogens is 140 g/mol. The van der Waals surface area contributed by atoms with Crippen LogP contribution >= 0.6 is 0 Å². The fraction of sp³-hybridized carbons (Fsp3) is 1.00. The molecule has 0 bridgehead atoms. The fourth-order valence-corrected chi connectivity index (χ4v) is 0.878. The summed E-state index contributed by atoms with van der Waals surface area (Å²) in [4.78, 5) is 0. The van der Waals surface area contributed by atoms with Gasteiger partial charge >= 0.3 is 0 Å². The molecule has 0 radical (unpaired) electrons. The summed E-state index contributed by atoms with van der Waals surface area (Å²) in [6.07, 6.45) is 2.97. The van der Waals surface area contributed by atoms with E-state index in [1.54, 1.807) is 0 Å². The molecule has 2 heteroatoms. The Morgan fingerprint density at radius 2 is 1.91 bits per heavy atom. The maximum absolute atomic E-state index is 8.97. The van der Waals surface area contributed by atoms with E-state index in [0.29, 0.717) is 6.10 Å². The molecule has 11 heavy (non-hydrogen) atoms. The summed E-state index contributed by atoms with van der Waals surface area (Å²) in [5.74, 6) is 0. The van der Waals surface area contributed by atoms with E-state index in [9.17, 15) is 0 Å². The molecule has 0 amide bonds. The van der Waals surface area contributed by atoms with Gasteiger partial charge in [0.25, 0.3) is 0 Å². The van der Waals surface area contributed by atoms with Gasteiger partial charge < -0.3 is 9.84 Å². The van der Waals surface area contributed by atoms with E-state index in [1.807, 2.05) is 6.92 Å². The van der Waals surface area contributed by atoms with Crippen molar-refractivity contribution in [2.75, 3.05) is 6.61 Å². The van der Waals surface area contributed by atoms with Gasteiger partial charge in [0.05, 0.1) is 12.2 Å². The van der Waals surface area contributed by atoms with Crippen molar-refractivity contribution in [3.63, 3.8) is 0 Å². The SMILES string of the molecule is CCCOC(C)CCC(C)O. The van der Waals surface area contributed by atoms with Gasteiger partial charge in [-0.05, 0) is 33.1 Å². The van der Waals surface area contributed by atoms with Crippen LogP contribution in [0.4, 0.5) is 0 Å². The van der Waals surface area contributed by atoms with Gasteiger partial charge in [0.2, 0.25) is 0 Å². The van der Waals surface area contributed by atoms with E-state index in [4.69, 9.17) is 9.84 Å². The quantitative estimate of drug-likeness (QED) is 0.643. The Morgan fingerprint density at radius 1 is 1.27 bits per heavy atom. The first-order valence-corrected chi connectivity index (χ1v) is 4.46. The third-order valence-corrected chi connectivity index (χ3v) is 1.60. The Labute approximate surface area is 69.6 Å². The van der Waals surface area contributed by atoms with E-state index in [0.717, 1.165) is 25.9 Å². The first-order valence-electron chi connectivity index (χ1n) is 4.46. The summed E-state index contributed by atoms with van der Waals surface area (Å²) < 4.78 is 5.43. The highest BCUT2D eigenvalue weighted by molar-refractivity contribution is 4.54. The van der Waals surface area contributed by atoms with Crippen LogP contribution in [-0.2, 0) is 4.74 Å². The second-order valence-corrected chi connectivity index (χ2v) is 3.11. The highest BCUT2D eigenvalue weighted by Gasteiger charge is 2.03. The summed E-state index contributed by atoms with van der Waals surface area (Å²) in [6.45, 7) is 6.80. The third kappa shape index (κ3) is 7.82. The highest BCUT2D eigenvalue weighted by Crippen LogP contribution is 2.04. The van der Waals surface area contributed by atoms with Crippen LogP contribution < -0.4 is 0 Å². The van der Waals surface area contributed by atoms with Gasteiger partial charge in [-0.15, -0.1) is 0 Å². The lowest BCUT2D eigenvalue weighted by Crippen LogP contribution is -2.12. The van der Waals surface area contributed by atoms with Crippen LogP contribution in [-0.4, -0.2) is 23.9 Å². The summed E-state index contributed by atoms with van der Waals surface area (Å²) in [5.41, 5.74) is 0. The molecule has 0 saturated carbocycles. The average Bonchev–Trinajstić information content (AvgIpc) is 1.97. The maximum atomic E-state index is 8.97. The van der Waals surface area contributed by atoms with Crippen molar-refractivity contribution < 1.29 is 9.84 Å². The number of hydrogen-bond acceptors (Lipinski definition) is 2. The molecule has 0 spiro atoms. The first-order chi connectivity index (χ1) is 5.16. The van der Waals surface area contributed by atoms with Gasteiger partial charge in [0, 0.05) is 6.61 Å². The minimum atomic E-state index is -0.192. The number of hydrogen-bond donors (Lipinski definition) is 1. The largest absolute Gasteiger partial charge is 0.393 e. The predicted molar refractivity (Wildman–Crippen MR) is 46.6 cm³/mol. The number of rotatable bonds is 6. The second-order valence-electron chi connectivity index (χ2n) is 3.11. The molecule has 2 nitrogen and oxygen atoms in total. The molecule has 0 aliphatic rings. The zero-order chi connectivity index (χ0) is 8.69. The molecule has 0 rings (SSSR count). The lowest BCUT2D eigenvalue weighted by Gasteiger charge is -2.12. The lowest BCUT2D eigenvalue weighted by atomic mass is 10.1. The molecule has 0 aliphatic carbocycles. The Hall–Kier alpha value is -0.0800. The van der Waals surface area contributed by atoms with Gasteiger partial charge in [-0.1, -0.05) is 6.92 Å². The molecule has 2 atom stereocenters. The number of aliphatic hydroxyl groups is 1. The zero-order valence-corrected chi connectivity index (χ0v) is 7.84. The monoisotopic (exact) mass is 160 g/mol. The highest BCUT2D eigenvalue weighted by atomic mass is 16.5. The van der Waals surface area contributed by atoms with Gasteiger partial charge in [-0.25, -0.2) is 0 Å². The summed E-state index contributed by atoms with van der Waals surface area (Å²) in [7, 11) is 0. The summed E-state index contributed by atoms with van der Waals surface area (Å²) in [6, 6.07) is 0.